The van der Waals surface area contributed by atoms with Crippen molar-refractivity contribution >= 4 is 11.7 Å². The Labute approximate surface area is 112 Å². The van der Waals surface area contributed by atoms with Gasteiger partial charge in [0.2, 0.25) is 0 Å². The van der Waals surface area contributed by atoms with Gasteiger partial charge in [0.15, 0.2) is 0 Å². The van der Waals surface area contributed by atoms with Crippen molar-refractivity contribution < 1.29 is 14.3 Å². The molecular weight excluding hydrogens is 245 g/mol. The lowest BCUT2D eigenvalue weighted by Crippen LogP contribution is -2.29. The Morgan fingerprint density at radius 3 is 2.21 bits per heavy atom. The number of carbonyl (C=O) groups is 1. The molecule has 19 heavy (non-hydrogen) atoms. The van der Waals surface area contributed by atoms with Crippen LogP contribution in [0, 0.1) is 17.7 Å². The molecule has 0 atom stereocenters. The van der Waals surface area contributed by atoms with Crippen molar-refractivity contribution in [2.75, 3.05) is 18.0 Å². The van der Waals surface area contributed by atoms with Gasteiger partial charge in [-0.05, 0) is 55.7 Å². The minimum absolute atomic E-state index is 0.0130. The molecule has 0 unspecified atom stereocenters. The highest BCUT2D eigenvalue weighted by Gasteiger charge is 2.30. The molecule has 0 heterocycles. The van der Waals surface area contributed by atoms with Crippen molar-refractivity contribution in [3.05, 3.63) is 29.6 Å². The topological polar surface area (TPSA) is 40.5 Å². The van der Waals surface area contributed by atoms with Crippen LogP contribution in [0.15, 0.2) is 18.2 Å². The lowest BCUT2D eigenvalue weighted by Gasteiger charge is -2.25. The highest BCUT2D eigenvalue weighted by molar-refractivity contribution is 5.88. The van der Waals surface area contributed by atoms with Crippen LogP contribution in [0.4, 0.5) is 10.1 Å². The third kappa shape index (κ3) is 3.06. The SMILES string of the molecule is O=C(O)c1ccc(N(CC2CC2)CC2CC2)c(F)c1. The van der Waals surface area contributed by atoms with E-state index >= 15 is 0 Å². The van der Waals surface area contributed by atoms with Crippen molar-refractivity contribution in [2.24, 2.45) is 11.8 Å². The van der Waals surface area contributed by atoms with Crippen LogP contribution in [0.3, 0.4) is 0 Å². The molecule has 0 saturated heterocycles. The highest BCUT2D eigenvalue weighted by atomic mass is 19.1. The second-order valence-corrected chi connectivity index (χ2v) is 5.76. The summed E-state index contributed by atoms with van der Waals surface area (Å²) in [5.41, 5.74) is 0.572. The molecule has 3 rings (SSSR count). The third-order valence-electron chi connectivity index (χ3n) is 3.89. The number of anilines is 1. The third-order valence-corrected chi connectivity index (χ3v) is 3.89. The molecule has 2 fully saturated rings. The van der Waals surface area contributed by atoms with E-state index in [2.05, 4.69) is 4.90 Å². The molecule has 0 radical (unpaired) electrons. The van der Waals surface area contributed by atoms with E-state index in [-0.39, 0.29) is 5.56 Å². The van der Waals surface area contributed by atoms with E-state index in [0.29, 0.717) is 17.5 Å². The summed E-state index contributed by atoms with van der Waals surface area (Å²) in [6, 6.07) is 4.24. The standard InChI is InChI=1S/C15H18FNO2/c16-13-7-12(15(18)19)5-6-14(13)17(8-10-1-2-10)9-11-3-4-11/h5-7,10-11H,1-4,8-9H2,(H,18,19). The first-order valence-electron chi connectivity index (χ1n) is 6.91. The van der Waals surface area contributed by atoms with Gasteiger partial charge in [-0.1, -0.05) is 0 Å². The zero-order chi connectivity index (χ0) is 13.4. The van der Waals surface area contributed by atoms with Gasteiger partial charge in [-0.15, -0.1) is 0 Å². The molecular formula is C15H18FNO2. The number of hydrogen-bond acceptors (Lipinski definition) is 2. The van der Waals surface area contributed by atoms with E-state index in [1.165, 1.54) is 31.7 Å². The second kappa shape index (κ2) is 4.83. The largest absolute Gasteiger partial charge is 0.478 e. The first kappa shape index (κ1) is 12.5. The minimum atomic E-state index is -1.08. The van der Waals surface area contributed by atoms with Gasteiger partial charge in [0.1, 0.15) is 5.82 Å². The summed E-state index contributed by atoms with van der Waals surface area (Å²) in [4.78, 5) is 12.9. The maximum absolute atomic E-state index is 14.1. The van der Waals surface area contributed by atoms with Gasteiger partial charge < -0.3 is 10.0 Å². The Morgan fingerprint density at radius 1 is 1.21 bits per heavy atom. The molecule has 1 aromatic carbocycles. The Morgan fingerprint density at radius 2 is 1.79 bits per heavy atom. The summed E-state index contributed by atoms with van der Waals surface area (Å²) in [6.07, 6.45) is 4.93. The molecule has 3 nitrogen and oxygen atoms in total. The van der Waals surface area contributed by atoms with Crippen molar-refractivity contribution in [1.82, 2.24) is 0 Å². The Balaban J connectivity index is 1.80. The van der Waals surface area contributed by atoms with Gasteiger partial charge in [-0.3, -0.25) is 0 Å². The van der Waals surface area contributed by atoms with Gasteiger partial charge in [0.05, 0.1) is 11.3 Å². The fourth-order valence-corrected chi connectivity index (χ4v) is 2.39. The number of nitrogens with zero attached hydrogens (tertiary/aromatic N) is 1. The molecule has 0 bridgehead atoms. The molecule has 2 saturated carbocycles. The van der Waals surface area contributed by atoms with Gasteiger partial charge in [0.25, 0.3) is 0 Å². The Bertz CT molecular complexity index is 481. The Hall–Kier alpha value is -1.58. The predicted octanol–water partition coefficient (Wildman–Crippen LogP) is 3.15. The summed E-state index contributed by atoms with van der Waals surface area (Å²) >= 11 is 0. The number of halogens is 1. The van der Waals surface area contributed by atoms with Gasteiger partial charge in [-0.2, -0.15) is 0 Å². The molecule has 2 aliphatic carbocycles. The molecule has 2 aliphatic rings. The fourth-order valence-electron chi connectivity index (χ4n) is 2.39. The van der Waals surface area contributed by atoms with Crippen LogP contribution >= 0.6 is 0 Å². The lowest BCUT2D eigenvalue weighted by molar-refractivity contribution is 0.0696. The maximum atomic E-state index is 14.1. The van der Waals surface area contributed by atoms with E-state index < -0.39 is 11.8 Å². The zero-order valence-corrected chi connectivity index (χ0v) is 10.8. The first-order valence-corrected chi connectivity index (χ1v) is 6.91. The molecule has 0 spiro atoms. The van der Waals surface area contributed by atoms with E-state index in [9.17, 15) is 9.18 Å². The van der Waals surface area contributed by atoms with Crippen LogP contribution in [0.2, 0.25) is 0 Å². The van der Waals surface area contributed by atoms with Gasteiger partial charge in [0, 0.05) is 13.1 Å². The normalized spacial score (nSPS) is 18.4. The Kier molecular flexibility index (Phi) is 3.17. The molecule has 0 amide bonds. The van der Waals surface area contributed by atoms with Crippen LogP contribution in [-0.2, 0) is 0 Å². The number of rotatable bonds is 6. The predicted molar refractivity (Wildman–Crippen MR) is 71.0 cm³/mol. The smallest absolute Gasteiger partial charge is 0.335 e. The second-order valence-electron chi connectivity index (χ2n) is 5.76. The molecule has 0 aromatic heterocycles. The molecule has 102 valence electrons. The van der Waals surface area contributed by atoms with Gasteiger partial charge >= 0.3 is 5.97 Å². The zero-order valence-electron chi connectivity index (χ0n) is 10.8. The van der Waals surface area contributed by atoms with Crippen LogP contribution in [0.5, 0.6) is 0 Å². The highest BCUT2D eigenvalue weighted by Crippen LogP contribution is 2.36. The number of carboxylic acid groups (broad SMARTS) is 1. The number of hydrogen-bond donors (Lipinski definition) is 1. The van der Waals surface area contributed by atoms with Gasteiger partial charge in [-0.25, -0.2) is 9.18 Å². The summed E-state index contributed by atoms with van der Waals surface area (Å²) in [5, 5.41) is 8.87. The summed E-state index contributed by atoms with van der Waals surface area (Å²) in [5.74, 6) is -0.114. The average molecular weight is 263 g/mol. The minimum Gasteiger partial charge on any atom is -0.478 e. The van der Waals surface area contributed by atoms with E-state index in [4.69, 9.17) is 5.11 Å². The average Bonchev–Trinajstić information content (AvgIpc) is 3.23. The summed E-state index contributed by atoms with van der Waals surface area (Å²) in [7, 11) is 0. The van der Waals surface area contributed by atoms with Crippen LogP contribution in [0.1, 0.15) is 36.0 Å². The number of aromatic carboxylic acids is 1. The molecule has 1 N–H and O–H groups in total. The summed E-state index contributed by atoms with van der Waals surface area (Å²) in [6.45, 7) is 1.81. The quantitative estimate of drug-likeness (QED) is 0.857. The first-order chi connectivity index (χ1) is 9.13. The molecule has 1 aromatic rings. The van der Waals surface area contributed by atoms with Crippen LogP contribution < -0.4 is 4.90 Å². The van der Waals surface area contributed by atoms with E-state index in [1.807, 2.05) is 0 Å². The van der Waals surface area contributed by atoms with Crippen molar-refractivity contribution in [3.63, 3.8) is 0 Å². The fraction of sp³-hybridized carbons (Fsp3) is 0.533. The number of benzene rings is 1. The van der Waals surface area contributed by atoms with Crippen molar-refractivity contribution in [1.29, 1.82) is 0 Å². The lowest BCUT2D eigenvalue weighted by atomic mass is 10.1. The molecule has 4 heteroatoms. The van der Waals surface area contributed by atoms with Crippen molar-refractivity contribution in [2.45, 2.75) is 25.7 Å². The summed E-state index contributed by atoms with van der Waals surface area (Å²) < 4.78 is 14.1. The van der Waals surface area contributed by atoms with Crippen LogP contribution in [0.25, 0.3) is 0 Å². The number of carboxylic acids is 1. The van der Waals surface area contributed by atoms with Crippen LogP contribution in [-0.4, -0.2) is 24.2 Å². The monoisotopic (exact) mass is 263 g/mol. The molecule has 0 aliphatic heterocycles. The van der Waals surface area contributed by atoms with Crippen molar-refractivity contribution in [3.8, 4) is 0 Å². The van der Waals surface area contributed by atoms with E-state index in [0.717, 1.165) is 19.2 Å². The van der Waals surface area contributed by atoms with E-state index in [1.54, 1.807) is 6.07 Å². The maximum Gasteiger partial charge on any atom is 0.335 e.